The number of nitrogens with zero attached hydrogens (tertiary/aromatic N) is 4. The summed E-state index contributed by atoms with van der Waals surface area (Å²) in [6, 6.07) is 53.1. The molecule has 0 aliphatic rings. The van der Waals surface area contributed by atoms with Crippen LogP contribution in [0.4, 0.5) is 17.3 Å². The minimum atomic E-state index is 0. The van der Waals surface area contributed by atoms with Crippen molar-refractivity contribution in [2.75, 3.05) is 4.90 Å². The van der Waals surface area contributed by atoms with Crippen molar-refractivity contribution in [2.24, 2.45) is 0 Å². The van der Waals surface area contributed by atoms with Crippen molar-refractivity contribution in [1.82, 2.24) is 14.4 Å². The van der Waals surface area contributed by atoms with Crippen LogP contribution in [-0.4, -0.2) is 14.4 Å². The Bertz CT molecular complexity index is 2540. The largest absolute Gasteiger partial charge is 2.00 e. The molecule has 0 saturated heterocycles. The molecule has 9 aromatic rings. The van der Waals surface area contributed by atoms with Gasteiger partial charge in [-0.3, -0.25) is 14.9 Å². The van der Waals surface area contributed by atoms with Crippen molar-refractivity contribution in [3.05, 3.63) is 157 Å². The molecule has 9 rings (SSSR count). The number of benzene rings is 5. The van der Waals surface area contributed by atoms with Crippen LogP contribution in [0.1, 0.15) is 11.1 Å². The van der Waals surface area contributed by atoms with Gasteiger partial charge in [-0.1, -0.05) is 66.7 Å². The second-order valence-electron chi connectivity index (χ2n) is 11.8. The van der Waals surface area contributed by atoms with E-state index in [-0.39, 0.29) is 21.1 Å². The molecular formula is C42H28N4Pt. The molecule has 0 spiro atoms. The van der Waals surface area contributed by atoms with Crippen LogP contribution in [0.25, 0.3) is 60.6 Å². The van der Waals surface area contributed by atoms with E-state index in [0.29, 0.717) is 0 Å². The van der Waals surface area contributed by atoms with E-state index in [9.17, 15) is 0 Å². The maximum Gasteiger partial charge on any atom is 2.00 e. The summed E-state index contributed by atoms with van der Waals surface area (Å²) in [5.74, 6) is 1.60. The number of fused-ring (bicyclic) bond motifs is 6. The molecule has 0 N–H and O–H groups in total. The predicted octanol–water partition coefficient (Wildman–Crippen LogP) is 10.6. The van der Waals surface area contributed by atoms with Crippen molar-refractivity contribution in [1.29, 1.82) is 0 Å². The molecule has 0 bridgehead atoms. The summed E-state index contributed by atoms with van der Waals surface area (Å²) in [4.78, 5) is 13.0. The van der Waals surface area contributed by atoms with E-state index in [0.717, 1.165) is 61.9 Å². The molecule has 47 heavy (non-hydrogen) atoms. The number of anilines is 3. The molecule has 4 heterocycles. The maximum absolute atomic E-state index is 5.53. The smallest absolute Gasteiger partial charge is 0.315 e. The van der Waals surface area contributed by atoms with Gasteiger partial charge in [0.2, 0.25) is 0 Å². The Morgan fingerprint density at radius 2 is 1.19 bits per heavy atom. The van der Waals surface area contributed by atoms with E-state index in [1.807, 2.05) is 42.5 Å². The third-order valence-corrected chi connectivity index (χ3v) is 8.99. The Balaban J connectivity index is 0.00000324. The molecule has 0 fully saturated rings. The number of hydrogen-bond donors (Lipinski definition) is 0. The third kappa shape index (κ3) is 4.55. The first-order chi connectivity index (χ1) is 22.7. The van der Waals surface area contributed by atoms with E-state index in [4.69, 9.17) is 9.97 Å². The molecule has 226 valence electrons. The molecule has 0 aliphatic carbocycles. The molecule has 0 aliphatic heterocycles. The number of aromatic nitrogens is 3. The summed E-state index contributed by atoms with van der Waals surface area (Å²) in [6.45, 7) is 4.31. The molecule has 0 radical (unpaired) electrons. The Morgan fingerprint density at radius 3 is 1.94 bits per heavy atom. The second-order valence-corrected chi connectivity index (χ2v) is 11.8. The van der Waals surface area contributed by atoms with E-state index < -0.39 is 0 Å². The van der Waals surface area contributed by atoms with Gasteiger partial charge in [-0.15, -0.1) is 71.8 Å². The van der Waals surface area contributed by atoms with Gasteiger partial charge >= 0.3 is 21.1 Å². The van der Waals surface area contributed by atoms with Gasteiger partial charge in [0.1, 0.15) is 11.6 Å². The van der Waals surface area contributed by atoms with E-state index in [1.54, 1.807) is 0 Å². The zero-order valence-electron chi connectivity index (χ0n) is 25.8. The molecule has 5 aromatic carbocycles. The van der Waals surface area contributed by atoms with Crippen LogP contribution in [0, 0.1) is 26.0 Å². The third-order valence-electron chi connectivity index (χ3n) is 8.99. The van der Waals surface area contributed by atoms with Gasteiger partial charge in [-0.25, -0.2) is 0 Å². The van der Waals surface area contributed by atoms with Crippen LogP contribution < -0.4 is 4.90 Å². The van der Waals surface area contributed by atoms with Gasteiger partial charge in [0.05, 0.1) is 16.7 Å². The average molecular weight is 784 g/mol. The van der Waals surface area contributed by atoms with Crippen LogP contribution in [-0.2, 0) is 21.1 Å². The van der Waals surface area contributed by atoms with E-state index >= 15 is 0 Å². The first kappa shape index (κ1) is 29.1. The van der Waals surface area contributed by atoms with Crippen molar-refractivity contribution in [3.63, 3.8) is 0 Å². The van der Waals surface area contributed by atoms with Crippen LogP contribution in [0.15, 0.2) is 133 Å². The number of rotatable bonds is 5. The zero-order valence-corrected chi connectivity index (χ0v) is 28.1. The van der Waals surface area contributed by atoms with Crippen molar-refractivity contribution in [3.8, 4) is 22.5 Å². The standard InChI is InChI=1S/C42H28N4.Pt/c1-27-14-11-15-28(2)40(27)46(37-25-13-23-35(43-37)29-16-5-3-6-17-29)38-26-34-33-22-12-21-32-31-20-9-10-24-36(31)45(41(32)33)42(34)39(44-38)30-18-7-4-8-19-30;/h3-16,18,20-26H,1-2H3;/q-2;+2. The topological polar surface area (TPSA) is 33.4 Å². The number of aryl methyl sites for hydroxylation is 2. The van der Waals surface area contributed by atoms with Gasteiger partial charge in [0, 0.05) is 32.8 Å². The quantitative estimate of drug-likeness (QED) is 0.163. The fourth-order valence-corrected chi connectivity index (χ4v) is 7.02. The van der Waals surface area contributed by atoms with Crippen molar-refractivity contribution in [2.45, 2.75) is 13.8 Å². The first-order valence-electron chi connectivity index (χ1n) is 15.5. The summed E-state index contributed by atoms with van der Waals surface area (Å²) in [6.07, 6.45) is 0. The average Bonchev–Trinajstić information content (AvgIpc) is 3.63. The minimum Gasteiger partial charge on any atom is -0.315 e. The van der Waals surface area contributed by atoms with Crippen LogP contribution >= 0.6 is 0 Å². The Labute approximate surface area is 287 Å². The summed E-state index contributed by atoms with van der Waals surface area (Å²) in [5.41, 5.74) is 10.5. The van der Waals surface area contributed by atoms with Crippen molar-refractivity contribution < 1.29 is 21.1 Å². The van der Waals surface area contributed by atoms with Crippen molar-refractivity contribution >= 4 is 55.4 Å². The van der Waals surface area contributed by atoms with Gasteiger partial charge in [0.25, 0.3) is 0 Å². The first-order valence-corrected chi connectivity index (χ1v) is 15.5. The molecule has 0 atom stereocenters. The van der Waals surface area contributed by atoms with Crippen LogP contribution in [0.3, 0.4) is 0 Å². The fourth-order valence-electron chi connectivity index (χ4n) is 7.02. The number of pyridine rings is 2. The van der Waals surface area contributed by atoms with Gasteiger partial charge in [-0.05, 0) is 48.9 Å². The SMILES string of the molecule is Cc1cccc(C)c1N(c1cccc(-c2[c-]cccc2)n1)c1cc2c3cccc4c5ccccc5n(c2c(-c2[c-]cccc2)n1)c43.[Pt+2]. The molecule has 5 heteroatoms. The van der Waals surface area contributed by atoms with Gasteiger partial charge in [-0.2, -0.15) is 0 Å². The number of hydrogen-bond acceptors (Lipinski definition) is 3. The predicted molar refractivity (Wildman–Crippen MR) is 189 cm³/mol. The molecule has 0 unspecified atom stereocenters. The molecule has 0 amide bonds. The Hall–Kier alpha value is -5.31. The number of para-hydroxylation sites is 3. The minimum absolute atomic E-state index is 0. The molecular weight excluding hydrogens is 756 g/mol. The van der Waals surface area contributed by atoms with Gasteiger partial charge in [0.15, 0.2) is 0 Å². The summed E-state index contributed by atoms with van der Waals surface area (Å²) in [7, 11) is 0. The molecule has 0 saturated carbocycles. The monoisotopic (exact) mass is 783 g/mol. The fraction of sp³-hybridized carbons (Fsp3) is 0.0476. The molecule has 4 aromatic heterocycles. The summed E-state index contributed by atoms with van der Waals surface area (Å²) >= 11 is 0. The zero-order chi connectivity index (χ0) is 30.8. The van der Waals surface area contributed by atoms with E-state index in [2.05, 4.69) is 126 Å². The van der Waals surface area contributed by atoms with Crippen LogP contribution in [0.2, 0.25) is 0 Å². The Morgan fingerprint density at radius 1 is 0.553 bits per heavy atom. The second kappa shape index (κ2) is 11.5. The summed E-state index contributed by atoms with van der Waals surface area (Å²) in [5, 5.41) is 4.83. The normalized spacial score (nSPS) is 11.4. The van der Waals surface area contributed by atoms with E-state index in [1.165, 1.54) is 27.2 Å². The van der Waals surface area contributed by atoms with Crippen LogP contribution in [0.5, 0.6) is 0 Å². The summed E-state index contributed by atoms with van der Waals surface area (Å²) < 4.78 is 2.40. The maximum atomic E-state index is 5.53. The Kier molecular flexibility index (Phi) is 7.12. The molecule has 4 nitrogen and oxygen atoms in total. The van der Waals surface area contributed by atoms with Gasteiger partial charge < -0.3 is 4.40 Å².